The summed E-state index contributed by atoms with van der Waals surface area (Å²) in [7, 11) is 0. The summed E-state index contributed by atoms with van der Waals surface area (Å²) < 4.78 is 0. The van der Waals surface area contributed by atoms with Gasteiger partial charge in [-0.2, -0.15) is 0 Å². The van der Waals surface area contributed by atoms with Crippen molar-refractivity contribution in [2.75, 3.05) is 0 Å². The Bertz CT molecular complexity index is 29.3. The van der Waals surface area contributed by atoms with Gasteiger partial charge in [0.25, 0.3) is 0 Å². The normalized spacial score (nSPS) is 4.00. The maximum absolute atomic E-state index is 3.36. The molecule has 0 bridgehead atoms. The second kappa shape index (κ2) is 528. The number of rotatable bonds is 0. The molecule has 0 aromatic rings. The molecule has 0 radical (unpaired) electrons. The number of hydrogen-bond donors (Lipinski definition) is 0. The molecule has 0 aliphatic heterocycles. The first-order valence-electron chi connectivity index (χ1n) is 7.39. The van der Waals surface area contributed by atoms with Gasteiger partial charge in [-0.05, 0) is 13.8 Å². The Morgan fingerprint density at radius 3 is 0.588 bits per heavy atom. The molecule has 0 aliphatic rings. The van der Waals surface area contributed by atoms with Gasteiger partial charge in [0.2, 0.25) is 0 Å². The van der Waals surface area contributed by atoms with Crippen LogP contribution in [0.15, 0.2) is 25.3 Å². The summed E-state index contributed by atoms with van der Waals surface area (Å²) in [5.41, 5.74) is 0. The van der Waals surface area contributed by atoms with E-state index in [2.05, 4.69) is 27.0 Å². The smallest absolute Gasteiger partial charge is 0.0473 e. The van der Waals surface area contributed by atoms with E-state index in [1.54, 1.807) is 12.2 Å². The van der Waals surface area contributed by atoms with E-state index in [0.29, 0.717) is 0 Å². The highest BCUT2D eigenvalue weighted by Gasteiger charge is 1.35. The monoisotopic (exact) mass is 248 g/mol. The molecule has 0 aromatic heterocycles. The molecule has 0 rings (SSSR count). The molecule has 0 heterocycles. The van der Waals surface area contributed by atoms with Gasteiger partial charge in [-0.15, -0.1) is 13.2 Å². The van der Waals surface area contributed by atoms with Crippen LogP contribution < -0.4 is 0 Å². The Morgan fingerprint density at radius 2 is 0.588 bits per heavy atom. The van der Waals surface area contributed by atoms with Crippen LogP contribution >= 0.6 is 0 Å². The van der Waals surface area contributed by atoms with Crippen molar-refractivity contribution >= 4 is 0 Å². The summed E-state index contributed by atoms with van der Waals surface area (Å²) in [6.07, 6.45) is 4.75. The van der Waals surface area contributed by atoms with E-state index >= 15 is 0 Å². The van der Waals surface area contributed by atoms with Crippen molar-refractivity contribution in [2.24, 2.45) is 0 Å². The highest BCUT2D eigenvalue weighted by molar-refractivity contribution is 4.51. The first-order chi connectivity index (χ1) is 8.24. The molecule has 0 aromatic carbocycles. The lowest BCUT2D eigenvalue weighted by Gasteiger charge is -1.48. The van der Waals surface area contributed by atoms with E-state index in [0.717, 1.165) is 0 Å². The zero-order valence-corrected chi connectivity index (χ0v) is 15.3. The van der Waals surface area contributed by atoms with E-state index < -0.39 is 0 Å². The largest absolute Gasteiger partial charge is 0.103 e. The van der Waals surface area contributed by atoms with Gasteiger partial charge in [0.1, 0.15) is 0 Å². The fraction of sp³-hybridized carbons (Fsp3) is 0.765. The minimum Gasteiger partial charge on any atom is -0.103 e. The molecule has 0 aliphatic carbocycles. The molecule has 0 nitrogen and oxygen atoms in total. The average Bonchev–Trinajstić information content (AvgIpc) is 2.41. The van der Waals surface area contributed by atoms with Crippen LogP contribution in [0.4, 0.5) is 0 Å². The number of allylic oxidation sites excluding steroid dienone is 2. The van der Waals surface area contributed by atoms with E-state index in [4.69, 9.17) is 0 Å². The van der Waals surface area contributed by atoms with Crippen LogP contribution in [0.2, 0.25) is 0 Å². The van der Waals surface area contributed by atoms with Gasteiger partial charge in [-0.1, -0.05) is 87.8 Å². The summed E-state index contributed by atoms with van der Waals surface area (Å²) in [6.45, 7) is 30.8. The summed E-state index contributed by atoms with van der Waals surface area (Å²) in [4.78, 5) is 0. The highest BCUT2D eigenvalue weighted by Crippen LogP contribution is 1.56. The van der Waals surface area contributed by atoms with Gasteiger partial charge in [0.05, 0.1) is 0 Å². The Labute approximate surface area is 115 Å². The van der Waals surface area contributed by atoms with Gasteiger partial charge < -0.3 is 0 Å². The van der Waals surface area contributed by atoms with E-state index in [9.17, 15) is 0 Å². The van der Waals surface area contributed by atoms with Crippen LogP contribution in [0, 0.1) is 0 Å². The average molecular weight is 249 g/mol. The van der Waals surface area contributed by atoms with E-state index in [1.165, 1.54) is 6.42 Å². The van der Waals surface area contributed by atoms with Gasteiger partial charge in [0.15, 0.2) is 0 Å². The van der Waals surface area contributed by atoms with Gasteiger partial charge in [-0.3, -0.25) is 0 Å². The molecule has 0 unspecified atom stereocenters. The van der Waals surface area contributed by atoms with Crippen molar-refractivity contribution in [3.63, 3.8) is 0 Å². The SMILES string of the molecule is C=CC.C=CC.CC.CC.CC.CC.CCC. The molecular weight excluding hydrogens is 204 g/mol. The summed E-state index contributed by atoms with van der Waals surface area (Å²) >= 11 is 0. The molecule has 0 atom stereocenters. The Balaban J connectivity index is -0.0000000139. The predicted octanol–water partition coefficient (Wildman–Crippen LogP) is 7.91. The second-order valence-electron chi connectivity index (χ2n) is 1.52. The van der Waals surface area contributed by atoms with E-state index in [-0.39, 0.29) is 0 Å². The number of hydrogen-bond acceptors (Lipinski definition) is 0. The summed E-state index contributed by atoms with van der Waals surface area (Å²) in [5.74, 6) is 0. The molecule has 0 saturated carbocycles. The van der Waals surface area contributed by atoms with Crippen LogP contribution in [0.5, 0.6) is 0 Å². The fourth-order valence-electron chi connectivity index (χ4n) is 0. The van der Waals surface area contributed by atoms with Crippen molar-refractivity contribution in [2.45, 2.75) is 89.5 Å². The molecule has 0 saturated heterocycles. The molecule has 112 valence electrons. The quantitative estimate of drug-likeness (QED) is 0.382. The van der Waals surface area contributed by atoms with Crippen LogP contribution in [-0.4, -0.2) is 0 Å². The lowest BCUT2D eigenvalue weighted by atomic mass is 10.6. The first kappa shape index (κ1) is 43.9. The highest BCUT2D eigenvalue weighted by atomic mass is 13.4. The van der Waals surface area contributed by atoms with Crippen molar-refractivity contribution in [3.8, 4) is 0 Å². The Kier molecular flexibility index (Phi) is 1360. The molecule has 0 spiro atoms. The minimum atomic E-state index is 1.25. The van der Waals surface area contributed by atoms with Gasteiger partial charge in [-0.25, -0.2) is 0 Å². The Morgan fingerprint density at radius 1 is 0.588 bits per heavy atom. The van der Waals surface area contributed by atoms with Crippen LogP contribution in [-0.2, 0) is 0 Å². The molecule has 17 heavy (non-hydrogen) atoms. The topological polar surface area (TPSA) is 0 Å². The van der Waals surface area contributed by atoms with Crippen molar-refractivity contribution in [1.29, 1.82) is 0 Å². The molecule has 0 heteroatoms. The van der Waals surface area contributed by atoms with Crippen molar-refractivity contribution < 1.29 is 0 Å². The standard InChI is InChI=1S/C3H8.2C3H6.4C2H6/c3*1-3-2;4*1-2/h3H2,1-2H3;2*3H,1H2,2H3;4*1-2H3. The van der Waals surface area contributed by atoms with Gasteiger partial charge in [0, 0.05) is 0 Å². The van der Waals surface area contributed by atoms with Crippen LogP contribution in [0.1, 0.15) is 89.5 Å². The third kappa shape index (κ3) is 10400. The maximum atomic E-state index is 3.36. The summed E-state index contributed by atoms with van der Waals surface area (Å²) in [5, 5.41) is 0. The third-order valence-electron chi connectivity index (χ3n) is 0. The van der Waals surface area contributed by atoms with Gasteiger partial charge >= 0.3 is 0 Å². The zero-order valence-electron chi connectivity index (χ0n) is 15.3. The zero-order chi connectivity index (χ0) is 16.1. The van der Waals surface area contributed by atoms with Crippen molar-refractivity contribution in [1.82, 2.24) is 0 Å². The first-order valence-corrected chi connectivity index (χ1v) is 7.39. The molecule has 0 fully saturated rings. The van der Waals surface area contributed by atoms with Crippen LogP contribution in [0.25, 0.3) is 0 Å². The van der Waals surface area contributed by atoms with Crippen LogP contribution in [0.3, 0.4) is 0 Å². The third-order valence-corrected chi connectivity index (χ3v) is 0. The minimum absolute atomic E-state index is 1.25. The van der Waals surface area contributed by atoms with E-state index in [1.807, 2.05) is 69.2 Å². The lowest BCUT2D eigenvalue weighted by molar-refractivity contribution is 1.09. The molecule has 0 amide bonds. The summed E-state index contributed by atoms with van der Waals surface area (Å²) in [6, 6.07) is 0. The second-order valence-corrected chi connectivity index (χ2v) is 1.52. The Hall–Kier alpha value is -0.520. The fourth-order valence-corrected chi connectivity index (χ4v) is 0. The molecule has 0 N–H and O–H groups in total. The lowest BCUT2D eigenvalue weighted by Crippen LogP contribution is -1.27. The predicted molar refractivity (Wildman–Crippen MR) is 93.1 cm³/mol. The maximum Gasteiger partial charge on any atom is -0.0473 e. The molecular formula is C17H44. The van der Waals surface area contributed by atoms with Crippen molar-refractivity contribution in [3.05, 3.63) is 25.3 Å².